The van der Waals surface area contributed by atoms with Gasteiger partial charge in [0.25, 0.3) is 0 Å². The zero-order chi connectivity index (χ0) is 16.5. The Hall–Kier alpha value is -1.00. The maximum absolute atomic E-state index is 11.7. The minimum Gasteiger partial charge on any atom is -0.393 e. The number of aliphatic hydroxyl groups is 4. The molecule has 0 bridgehead atoms. The summed E-state index contributed by atoms with van der Waals surface area (Å²) in [4.78, 5) is 46.1. The van der Waals surface area contributed by atoms with Crippen molar-refractivity contribution in [2.45, 2.75) is 37.6 Å². The number of carbonyl (C=O) groups is 4. The average molecular weight is 355 g/mol. The molecule has 0 aromatic heterocycles. The van der Waals surface area contributed by atoms with E-state index in [9.17, 15) is 34.5 Å². The highest BCUT2D eigenvalue weighted by Crippen LogP contribution is 2.38. The zero-order valence-electron chi connectivity index (χ0n) is 11.0. The molecule has 0 rings (SSSR count). The maximum atomic E-state index is 11.7. The van der Waals surface area contributed by atoms with Crippen molar-refractivity contribution in [3.63, 3.8) is 0 Å². The molecule has 0 radical (unpaired) electrons. The van der Waals surface area contributed by atoms with Crippen molar-refractivity contribution in [1.82, 2.24) is 0 Å². The van der Waals surface area contributed by atoms with Crippen LogP contribution in [0.2, 0.25) is 0 Å². The van der Waals surface area contributed by atoms with Gasteiger partial charge in [-0.25, -0.2) is 0 Å². The van der Waals surface area contributed by atoms with Crippen molar-refractivity contribution in [3.8, 4) is 0 Å². The maximum Gasteiger partial charge on any atom is 0.240 e. The number of ketones is 3. The average Bonchev–Trinajstić information content (AvgIpc) is 2.34. The van der Waals surface area contributed by atoms with E-state index < -0.39 is 45.5 Å². The first-order valence-electron chi connectivity index (χ1n) is 5.35. The Morgan fingerprint density at radius 3 is 1.45 bits per heavy atom. The van der Waals surface area contributed by atoms with Gasteiger partial charge in [0.1, 0.15) is 0 Å². The van der Waals surface area contributed by atoms with Crippen LogP contribution in [0.25, 0.3) is 0 Å². The van der Waals surface area contributed by atoms with Gasteiger partial charge in [0, 0.05) is 0 Å². The first-order chi connectivity index (χ1) is 8.83. The van der Waals surface area contributed by atoms with E-state index in [1.165, 1.54) is 0 Å². The minimum atomic E-state index is -3.55. The van der Waals surface area contributed by atoms with Gasteiger partial charge >= 0.3 is 0 Å². The Bertz CT molecular complexity index is 459. The molecule has 114 valence electrons. The lowest BCUT2D eigenvalue weighted by atomic mass is 9.66. The molecule has 8 nitrogen and oxygen atoms in total. The molecule has 0 unspecified atom stereocenters. The van der Waals surface area contributed by atoms with Gasteiger partial charge in [0.15, 0.2) is 23.0 Å². The van der Waals surface area contributed by atoms with Crippen molar-refractivity contribution >= 4 is 38.0 Å². The second kappa shape index (κ2) is 5.78. The summed E-state index contributed by atoms with van der Waals surface area (Å²) in [6.07, 6.45) is 0. The van der Waals surface area contributed by atoms with Crippen LogP contribution in [0.3, 0.4) is 0 Å². The summed E-state index contributed by atoms with van der Waals surface area (Å²) < 4.78 is -1.54. The molecule has 0 saturated carbocycles. The third-order valence-corrected chi connectivity index (χ3v) is 3.81. The molecule has 3 atom stereocenters. The second-order valence-corrected chi connectivity index (χ2v) is 5.10. The number of rotatable bonds is 7. The summed E-state index contributed by atoms with van der Waals surface area (Å²) in [5.41, 5.74) is -10.2. The van der Waals surface area contributed by atoms with Crippen molar-refractivity contribution in [3.05, 3.63) is 0 Å². The quantitative estimate of drug-likeness (QED) is 0.299. The molecule has 0 saturated heterocycles. The van der Waals surface area contributed by atoms with Crippen LogP contribution in [0.1, 0.15) is 20.8 Å². The van der Waals surface area contributed by atoms with Gasteiger partial charge in [-0.05, 0) is 36.7 Å². The van der Waals surface area contributed by atoms with E-state index in [1.807, 2.05) is 0 Å². The molecule has 0 amide bonds. The normalized spacial score (nSPS) is 20.2. The van der Waals surface area contributed by atoms with Crippen molar-refractivity contribution in [1.29, 1.82) is 0 Å². The third-order valence-electron chi connectivity index (χ3n) is 3.24. The first-order valence-corrected chi connectivity index (χ1v) is 6.14. The van der Waals surface area contributed by atoms with Gasteiger partial charge < -0.3 is 20.4 Å². The fraction of sp³-hybridized carbons (Fsp3) is 0.636. The molecule has 0 aliphatic carbocycles. The van der Waals surface area contributed by atoms with Gasteiger partial charge in [-0.1, -0.05) is 0 Å². The van der Waals surface area contributed by atoms with E-state index in [1.54, 1.807) is 0 Å². The van der Waals surface area contributed by atoms with Crippen LogP contribution in [-0.2, 0) is 19.2 Å². The van der Waals surface area contributed by atoms with Crippen LogP contribution >= 0.6 is 15.9 Å². The van der Waals surface area contributed by atoms with E-state index in [2.05, 4.69) is 15.9 Å². The predicted octanol–water partition coefficient (Wildman–Crippen LogP) is -2.14. The Kier molecular flexibility index (Phi) is 5.49. The van der Waals surface area contributed by atoms with Crippen LogP contribution in [0, 0.1) is 0 Å². The van der Waals surface area contributed by atoms with Crippen molar-refractivity contribution < 1.29 is 39.6 Å². The Balaban J connectivity index is 6.66. The number of hydrogen-bond donors (Lipinski definition) is 4. The summed E-state index contributed by atoms with van der Waals surface area (Å²) in [6.45, 7) is 0.538. The fourth-order valence-electron chi connectivity index (χ4n) is 1.86. The molecule has 0 aromatic rings. The smallest absolute Gasteiger partial charge is 0.240 e. The van der Waals surface area contributed by atoms with Gasteiger partial charge in [0.2, 0.25) is 15.9 Å². The van der Waals surface area contributed by atoms with Gasteiger partial charge in [-0.15, -0.1) is 0 Å². The highest BCUT2D eigenvalue weighted by molar-refractivity contribution is 9.18. The van der Waals surface area contributed by atoms with Gasteiger partial charge in [-0.3, -0.25) is 19.2 Å². The van der Waals surface area contributed by atoms with E-state index in [-0.39, 0.29) is 0 Å². The van der Waals surface area contributed by atoms with E-state index in [4.69, 9.17) is 5.11 Å². The summed E-state index contributed by atoms with van der Waals surface area (Å²) in [7, 11) is 0. The summed E-state index contributed by atoms with van der Waals surface area (Å²) >= 11 is 2.25. The van der Waals surface area contributed by atoms with Crippen molar-refractivity contribution in [2.75, 3.05) is 6.61 Å². The first kappa shape index (κ1) is 19.0. The zero-order valence-corrected chi connectivity index (χ0v) is 12.6. The summed E-state index contributed by atoms with van der Waals surface area (Å²) in [5, 5.41) is 39.7. The van der Waals surface area contributed by atoms with Crippen LogP contribution in [0.5, 0.6) is 0 Å². The standard InChI is InChI=1S/C11H15BrO8/c1-5(14)9(18,4-13)11(20,7(3)16)10(19,6(2)15)8(12)17/h13,18-20H,4H2,1-3H3/t9-,10+,11+/m0/s1. The van der Waals surface area contributed by atoms with Crippen LogP contribution in [-0.4, -0.2) is 65.9 Å². The second-order valence-electron chi connectivity index (χ2n) is 4.38. The predicted molar refractivity (Wildman–Crippen MR) is 67.9 cm³/mol. The fourth-order valence-corrected chi connectivity index (χ4v) is 2.43. The SMILES string of the molecule is CC(=O)[C@@](O)(C(=O)Br)[C@@](O)(C(C)=O)[C@](O)(CO)C(C)=O. The molecule has 0 aromatic carbocycles. The number of halogens is 1. The monoisotopic (exact) mass is 354 g/mol. The molecule has 0 spiro atoms. The molecule has 20 heavy (non-hydrogen) atoms. The molecule has 0 aliphatic rings. The third kappa shape index (κ3) is 2.25. The molecular weight excluding hydrogens is 340 g/mol. The number of hydrogen-bond acceptors (Lipinski definition) is 8. The lowest BCUT2D eigenvalue weighted by Gasteiger charge is -2.45. The minimum absolute atomic E-state index is 0.646. The highest BCUT2D eigenvalue weighted by Gasteiger charge is 2.71. The van der Waals surface area contributed by atoms with Crippen LogP contribution < -0.4 is 0 Å². The molecule has 0 heterocycles. The number of carbonyl (C=O) groups excluding carboxylic acids is 4. The lowest BCUT2D eigenvalue weighted by molar-refractivity contribution is -0.229. The summed E-state index contributed by atoms with van der Waals surface area (Å²) in [6, 6.07) is 0. The summed E-state index contributed by atoms with van der Waals surface area (Å²) in [5.74, 6) is -4.16. The van der Waals surface area contributed by atoms with Crippen molar-refractivity contribution in [2.24, 2.45) is 0 Å². The topological polar surface area (TPSA) is 149 Å². The number of Topliss-reactive ketones (excluding diaryl/α,β-unsaturated/α-hetero) is 3. The largest absolute Gasteiger partial charge is 0.393 e. The molecule has 0 aliphatic heterocycles. The van der Waals surface area contributed by atoms with Crippen LogP contribution in [0.4, 0.5) is 0 Å². The van der Waals surface area contributed by atoms with Gasteiger partial charge in [-0.2, -0.15) is 0 Å². The van der Waals surface area contributed by atoms with Gasteiger partial charge in [0.05, 0.1) is 6.61 Å². The van der Waals surface area contributed by atoms with E-state index >= 15 is 0 Å². The molecular formula is C11H15BrO8. The molecule has 4 N–H and O–H groups in total. The van der Waals surface area contributed by atoms with E-state index in [0.717, 1.165) is 0 Å². The van der Waals surface area contributed by atoms with Crippen LogP contribution in [0.15, 0.2) is 0 Å². The number of aliphatic hydroxyl groups excluding tert-OH is 1. The van der Waals surface area contributed by atoms with E-state index in [0.29, 0.717) is 20.8 Å². The Morgan fingerprint density at radius 1 is 0.900 bits per heavy atom. The molecule has 9 heteroatoms. The Labute approximate surface area is 122 Å². The Morgan fingerprint density at radius 2 is 1.30 bits per heavy atom. The lowest BCUT2D eigenvalue weighted by Crippen LogP contribution is -2.78. The molecule has 0 fully saturated rings. The highest BCUT2D eigenvalue weighted by atomic mass is 79.9.